The van der Waals surface area contributed by atoms with Crippen LogP contribution in [0.5, 0.6) is 0 Å². The maximum Gasteiger partial charge on any atom is 0.254 e. The molecule has 25 heavy (non-hydrogen) atoms. The molecule has 0 radical (unpaired) electrons. The number of nitrogens with zero attached hydrogens (tertiary/aromatic N) is 2. The zero-order valence-corrected chi connectivity index (χ0v) is 14.9. The lowest BCUT2D eigenvalue weighted by Crippen LogP contribution is -2.39. The second kappa shape index (κ2) is 7.04. The van der Waals surface area contributed by atoms with Gasteiger partial charge in [-0.05, 0) is 55.5 Å². The Labute approximate surface area is 149 Å². The summed E-state index contributed by atoms with van der Waals surface area (Å²) in [5.74, 6) is 0.587. The van der Waals surface area contributed by atoms with Gasteiger partial charge in [-0.2, -0.15) is 0 Å². The number of hydrogen-bond donors (Lipinski definition) is 0. The molecule has 4 rings (SSSR count). The molecule has 2 aliphatic heterocycles. The van der Waals surface area contributed by atoms with Crippen molar-refractivity contribution in [1.82, 2.24) is 9.47 Å². The smallest absolute Gasteiger partial charge is 0.254 e. The Kier molecular flexibility index (Phi) is 4.62. The monoisotopic (exact) mass is 338 g/mol. The van der Waals surface area contributed by atoms with Gasteiger partial charge in [0.1, 0.15) is 0 Å². The van der Waals surface area contributed by atoms with Crippen molar-refractivity contribution < 1.29 is 9.53 Å². The Morgan fingerprint density at radius 2 is 2.08 bits per heavy atom. The van der Waals surface area contributed by atoms with Crippen LogP contribution in [0.4, 0.5) is 0 Å². The number of aromatic nitrogens is 1. The average molecular weight is 338 g/mol. The van der Waals surface area contributed by atoms with Crippen LogP contribution < -0.4 is 0 Å². The molecular formula is C21H26N2O2. The standard InChI is InChI=1S/C21H26N2O2/c1-22-11-5-9-19(22)20-8-2-3-12-23(20)21(24)17-7-4-6-16(14-17)18-10-13-25-15-18/h4-7,9,11,14,18,20H,2-3,8,10,12-13,15H2,1H3/t18-,20-/m1/s1. The highest BCUT2D eigenvalue weighted by Gasteiger charge is 2.30. The van der Waals surface area contributed by atoms with Gasteiger partial charge in [0.2, 0.25) is 0 Å². The first-order chi connectivity index (χ1) is 12.2. The zero-order valence-electron chi connectivity index (χ0n) is 14.9. The fourth-order valence-electron chi connectivity index (χ4n) is 4.19. The Morgan fingerprint density at radius 1 is 1.16 bits per heavy atom. The summed E-state index contributed by atoms with van der Waals surface area (Å²) in [4.78, 5) is 15.3. The first-order valence-electron chi connectivity index (χ1n) is 9.34. The van der Waals surface area contributed by atoms with Crippen molar-refractivity contribution in [2.75, 3.05) is 19.8 Å². The molecule has 1 amide bonds. The summed E-state index contributed by atoms with van der Waals surface area (Å²) in [6.45, 7) is 2.43. The maximum absolute atomic E-state index is 13.3. The molecule has 2 atom stereocenters. The number of likely N-dealkylation sites (tertiary alicyclic amines) is 1. The van der Waals surface area contributed by atoms with E-state index in [-0.39, 0.29) is 11.9 Å². The van der Waals surface area contributed by atoms with Crippen molar-refractivity contribution >= 4 is 5.91 Å². The molecule has 2 aromatic rings. The van der Waals surface area contributed by atoms with Gasteiger partial charge in [-0.1, -0.05) is 12.1 Å². The number of ether oxygens (including phenoxy) is 1. The number of aryl methyl sites for hydroxylation is 1. The van der Waals surface area contributed by atoms with E-state index in [1.165, 1.54) is 17.7 Å². The molecule has 2 saturated heterocycles. The van der Waals surface area contributed by atoms with Gasteiger partial charge in [0.25, 0.3) is 5.91 Å². The molecule has 132 valence electrons. The van der Waals surface area contributed by atoms with E-state index < -0.39 is 0 Å². The summed E-state index contributed by atoms with van der Waals surface area (Å²) >= 11 is 0. The molecule has 0 N–H and O–H groups in total. The van der Waals surface area contributed by atoms with E-state index in [0.717, 1.165) is 44.6 Å². The third-order valence-electron chi connectivity index (χ3n) is 5.62. The van der Waals surface area contributed by atoms with E-state index in [9.17, 15) is 4.79 Å². The summed E-state index contributed by atoms with van der Waals surface area (Å²) < 4.78 is 7.65. The number of hydrogen-bond acceptors (Lipinski definition) is 2. The Bertz CT molecular complexity index is 746. The number of rotatable bonds is 3. The van der Waals surface area contributed by atoms with Crippen molar-refractivity contribution in [3.63, 3.8) is 0 Å². The normalized spacial score (nSPS) is 23.8. The number of piperidine rings is 1. The molecule has 0 saturated carbocycles. The third kappa shape index (κ3) is 3.23. The van der Waals surface area contributed by atoms with Gasteiger partial charge in [0.05, 0.1) is 12.6 Å². The van der Waals surface area contributed by atoms with Crippen molar-refractivity contribution in [3.8, 4) is 0 Å². The van der Waals surface area contributed by atoms with Crippen LogP contribution in [0.1, 0.15) is 59.3 Å². The van der Waals surface area contributed by atoms with Gasteiger partial charge in [-0.3, -0.25) is 4.79 Å². The van der Waals surface area contributed by atoms with Gasteiger partial charge >= 0.3 is 0 Å². The van der Waals surface area contributed by atoms with Crippen LogP contribution in [0.3, 0.4) is 0 Å². The molecule has 4 heteroatoms. The topological polar surface area (TPSA) is 34.5 Å². The Morgan fingerprint density at radius 3 is 2.84 bits per heavy atom. The van der Waals surface area contributed by atoms with Crippen LogP contribution in [0.15, 0.2) is 42.6 Å². The molecule has 0 aliphatic carbocycles. The van der Waals surface area contributed by atoms with Crippen molar-refractivity contribution in [2.24, 2.45) is 7.05 Å². The minimum absolute atomic E-state index is 0.159. The first-order valence-corrected chi connectivity index (χ1v) is 9.34. The zero-order chi connectivity index (χ0) is 17.2. The maximum atomic E-state index is 13.3. The molecule has 4 nitrogen and oxygen atoms in total. The second-order valence-electron chi connectivity index (χ2n) is 7.24. The highest BCUT2D eigenvalue weighted by Crippen LogP contribution is 2.33. The fraction of sp³-hybridized carbons (Fsp3) is 0.476. The lowest BCUT2D eigenvalue weighted by atomic mass is 9.95. The van der Waals surface area contributed by atoms with E-state index >= 15 is 0 Å². The van der Waals surface area contributed by atoms with Crippen molar-refractivity contribution in [2.45, 2.75) is 37.6 Å². The number of benzene rings is 1. The molecule has 0 bridgehead atoms. The van der Waals surface area contributed by atoms with Crippen LogP contribution in [0.2, 0.25) is 0 Å². The highest BCUT2D eigenvalue weighted by molar-refractivity contribution is 5.94. The molecule has 2 aliphatic rings. The second-order valence-corrected chi connectivity index (χ2v) is 7.24. The number of amides is 1. The molecular weight excluding hydrogens is 312 g/mol. The van der Waals surface area contributed by atoms with Crippen LogP contribution in [-0.2, 0) is 11.8 Å². The first kappa shape index (κ1) is 16.4. The van der Waals surface area contributed by atoms with Crippen molar-refractivity contribution in [3.05, 3.63) is 59.4 Å². The van der Waals surface area contributed by atoms with Gasteiger partial charge in [-0.25, -0.2) is 0 Å². The Balaban J connectivity index is 1.60. The molecule has 3 heterocycles. The minimum atomic E-state index is 0.159. The molecule has 0 unspecified atom stereocenters. The summed E-state index contributed by atoms with van der Waals surface area (Å²) in [5, 5.41) is 0. The number of carbonyl (C=O) groups is 1. The highest BCUT2D eigenvalue weighted by atomic mass is 16.5. The van der Waals surface area contributed by atoms with Gasteiger partial charge in [0.15, 0.2) is 0 Å². The average Bonchev–Trinajstić information content (AvgIpc) is 3.33. The molecule has 0 spiro atoms. The molecule has 1 aromatic heterocycles. The molecule has 1 aromatic carbocycles. The van der Waals surface area contributed by atoms with Gasteiger partial charge < -0.3 is 14.2 Å². The largest absolute Gasteiger partial charge is 0.381 e. The number of carbonyl (C=O) groups excluding carboxylic acids is 1. The quantitative estimate of drug-likeness (QED) is 0.851. The lowest BCUT2D eigenvalue weighted by Gasteiger charge is -2.36. The van der Waals surface area contributed by atoms with Crippen LogP contribution in [0, 0.1) is 0 Å². The SMILES string of the molecule is Cn1cccc1[C@H]1CCCCN1C(=O)c1cccc([C@@H]2CCOC2)c1. The van der Waals surface area contributed by atoms with Crippen molar-refractivity contribution in [1.29, 1.82) is 0 Å². The summed E-state index contributed by atoms with van der Waals surface area (Å²) in [6.07, 6.45) is 6.42. The predicted molar refractivity (Wildman–Crippen MR) is 97.7 cm³/mol. The van der Waals surface area contributed by atoms with E-state index in [1.807, 2.05) is 12.1 Å². The fourth-order valence-corrected chi connectivity index (χ4v) is 4.19. The summed E-state index contributed by atoms with van der Waals surface area (Å²) in [7, 11) is 2.06. The third-order valence-corrected chi connectivity index (χ3v) is 5.62. The summed E-state index contributed by atoms with van der Waals surface area (Å²) in [6, 6.07) is 12.6. The molecule has 2 fully saturated rings. The van der Waals surface area contributed by atoms with Crippen LogP contribution in [-0.4, -0.2) is 35.1 Å². The van der Waals surface area contributed by atoms with E-state index in [1.54, 1.807) is 0 Å². The Hall–Kier alpha value is -2.07. The van der Waals surface area contributed by atoms with E-state index in [0.29, 0.717) is 5.92 Å². The van der Waals surface area contributed by atoms with E-state index in [4.69, 9.17) is 4.74 Å². The predicted octanol–water partition coefficient (Wildman–Crippen LogP) is 3.90. The van der Waals surface area contributed by atoms with Gasteiger partial charge in [0, 0.05) is 43.6 Å². The minimum Gasteiger partial charge on any atom is -0.381 e. The van der Waals surface area contributed by atoms with Gasteiger partial charge in [-0.15, -0.1) is 0 Å². The van der Waals surface area contributed by atoms with Crippen LogP contribution in [0.25, 0.3) is 0 Å². The lowest BCUT2D eigenvalue weighted by molar-refractivity contribution is 0.0602. The summed E-state index contributed by atoms with van der Waals surface area (Å²) in [5.41, 5.74) is 3.27. The van der Waals surface area contributed by atoms with Crippen LogP contribution >= 0.6 is 0 Å². The van der Waals surface area contributed by atoms with E-state index in [2.05, 4.69) is 47.0 Å².